The molecule has 1 saturated heterocycles. The molecule has 0 unspecified atom stereocenters. The molecular weight excluding hydrogens is 410 g/mol. The lowest BCUT2D eigenvalue weighted by Gasteiger charge is -2.35. The van der Waals surface area contributed by atoms with Crippen LogP contribution in [0.5, 0.6) is 5.88 Å². The molecule has 4 heterocycles. The average Bonchev–Trinajstić information content (AvgIpc) is 3.38. The van der Waals surface area contributed by atoms with Crippen LogP contribution < -0.4 is 4.74 Å². The maximum absolute atomic E-state index is 12.7. The molecule has 1 amide bonds. The van der Waals surface area contributed by atoms with Gasteiger partial charge in [-0.3, -0.25) is 4.79 Å². The standard InChI is InChI=1S/C22H27N7O3/c1-4-29-19(15-9-23-13(2)24-10-15)27-18-20(29)25-12-26-21(18)32-16-5-6-28(11-16)22(30)14-7-17(8-14)31-3/h9-10,12,14,16-17H,4-8,11H2,1-3H3/t14?,16-,17?/m0/s1. The van der Waals surface area contributed by atoms with Crippen LogP contribution in [0.1, 0.15) is 32.0 Å². The molecule has 0 N–H and O–H groups in total. The van der Waals surface area contributed by atoms with E-state index in [1.54, 1.807) is 19.5 Å². The van der Waals surface area contributed by atoms with Crippen molar-refractivity contribution in [1.29, 1.82) is 0 Å². The lowest BCUT2D eigenvalue weighted by atomic mass is 9.81. The number of hydrogen-bond acceptors (Lipinski definition) is 8. The summed E-state index contributed by atoms with van der Waals surface area (Å²) in [6.45, 7) is 5.83. The van der Waals surface area contributed by atoms with Gasteiger partial charge < -0.3 is 18.9 Å². The van der Waals surface area contributed by atoms with Gasteiger partial charge in [0, 0.05) is 44.9 Å². The van der Waals surface area contributed by atoms with E-state index in [1.807, 2.05) is 23.3 Å². The Hall–Kier alpha value is -3.14. The highest BCUT2D eigenvalue weighted by Gasteiger charge is 2.39. The molecule has 1 saturated carbocycles. The number of carbonyl (C=O) groups is 1. The van der Waals surface area contributed by atoms with Crippen molar-refractivity contribution in [2.45, 2.75) is 51.9 Å². The number of aromatic nitrogens is 6. The van der Waals surface area contributed by atoms with Crippen molar-refractivity contribution in [3.63, 3.8) is 0 Å². The number of amides is 1. The van der Waals surface area contributed by atoms with Gasteiger partial charge in [0.2, 0.25) is 11.8 Å². The minimum Gasteiger partial charge on any atom is -0.471 e. The fraction of sp³-hybridized carbons (Fsp3) is 0.545. The molecule has 1 atom stereocenters. The van der Waals surface area contributed by atoms with Gasteiger partial charge in [0.05, 0.1) is 18.2 Å². The zero-order chi connectivity index (χ0) is 22.2. The lowest BCUT2D eigenvalue weighted by Crippen LogP contribution is -2.43. The summed E-state index contributed by atoms with van der Waals surface area (Å²) in [7, 11) is 1.70. The number of ether oxygens (including phenoxy) is 2. The van der Waals surface area contributed by atoms with Crippen molar-refractivity contribution in [1.82, 2.24) is 34.4 Å². The van der Waals surface area contributed by atoms with Crippen molar-refractivity contribution in [2.24, 2.45) is 5.92 Å². The third-order valence-electron chi connectivity index (χ3n) is 6.37. The highest BCUT2D eigenvalue weighted by molar-refractivity contribution is 5.81. The molecule has 1 aliphatic carbocycles. The van der Waals surface area contributed by atoms with Crippen molar-refractivity contribution < 1.29 is 14.3 Å². The van der Waals surface area contributed by atoms with Crippen LogP contribution in [0.15, 0.2) is 18.7 Å². The molecule has 3 aromatic rings. The number of methoxy groups -OCH3 is 1. The topological polar surface area (TPSA) is 108 Å². The van der Waals surface area contributed by atoms with Gasteiger partial charge in [-0.1, -0.05) is 0 Å². The second kappa shape index (κ2) is 8.42. The summed E-state index contributed by atoms with van der Waals surface area (Å²) in [5.74, 6) is 2.16. The van der Waals surface area contributed by atoms with E-state index in [4.69, 9.17) is 14.5 Å². The molecule has 0 bridgehead atoms. The first-order valence-corrected chi connectivity index (χ1v) is 11.1. The lowest BCUT2D eigenvalue weighted by molar-refractivity contribution is -0.142. The van der Waals surface area contributed by atoms with E-state index < -0.39 is 0 Å². The molecule has 3 aromatic heterocycles. The van der Waals surface area contributed by atoms with E-state index in [9.17, 15) is 4.79 Å². The van der Waals surface area contributed by atoms with Gasteiger partial charge in [0.25, 0.3) is 0 Å². The van der Waals surface area contributed by atoms with Crippen molar-refractivity contribution in [3.05, 3.63) is 24.5 Å². The van der Waals surface area contributed by atoms with Crippen LogP contribution in [-0.4, -0.2) is 72.7 Å². The highest BCUT2D eigenvalue weighted by Crippen LogP contribution is 2.33. The zero-order valence-corrected chi connectivity index (χ0v) is 18.6. The molecule has 2 aliphatic rings. The molecule has 5 rings (SSSR count). The molecule has 2 fully saturated rings. The van der Waals surface area contributed by atoms with E-state index in [2.05, 4.69) is 19.9 Å². The van der Waals surface area contributed by atoms with Crippen LogP contribution in [0, 0.1) is 12.8 Å². The smallest absolute Gasteiger partial charge is 0.245 e. The van der Waals surface area contributed by atoms with Crippen LogP contribution in [0.4, 0.5) is 0 Å². The molecule has 32 heavy (non-hydrogen) atoms. The summed E-state index contributed by atoms with van der Waals surface area (Å²) in [5, 5.41) is 0. The average molecular weight is 438 g/mol. The molecule has 0 aromatic carbocycles. The molecule has 0 radical (unpaired) electrons. The Labute approximate surface area is 186 Å². The van der Waals surface area contributed by atoms with Crippen LogP contribution in [0.2, 0.25) is 0 Å². The van der Waals surface area contributed by atoms with Crippen molar-refractivity contribution in [3.8, 4) is 17.3 Å². The predicted molar refractivity (Wildman–Crippen MR) is 116 cm³/mol. The van der Waals surface area contributed by atoms with E-state index in [0.717, 1.165) is 30.7 Å². The SMILES string of the molecule is CCn1c(-c2cnc(C)nc2)nc2c(O[C@H]3CCN(C(=O)C4CC(OC)C4)C3)ncnc21. The van der Waals surface area contributed by atoms with Crippen molar-refractivity contribution >= 4 is 17.1 Å². The van der Waals surface area contributed by atoms with Gasteiger partial charge in [0.15, 0.2) is 11.2 Å². The largest absolute Gasteiger partial charge is 0.471 e. The normalized spacial score (nSPS) is 22.8. The molecule has 168 valence electrons. The second-order valence-electron chi connectivity index (χ2n) is 8.39. The minimum absolute atomic E-state index is 0.0731. The summed E-state index contributed by atoms with van der Waals surface area (Å²) in [6.07, 6.45) is 7.51. The molecule has 10 nitrogen and oxygen atoms in total. The summed E-state index contributed by atoms with van der Waals surface area (Å²) in [6, 6.07) is 0. The van der Waals surface area contributed by atoms with E-state index in [-0.39, 0.29) is 24.0 Å². The predicted octanol–water partition coefficient (Wildman–Crippen LogP) is 2.02. The quantitative estimate of drug-likeness (QED) is 0.576. The first-order valence-electron chi connectivity index (χ1n) is 11.1. The number of hydrogen-bond donors (Lipinski definition) is 0. The second-order valence-corrected chi connectivity index (χ2v) is 8.39. The van der Waals surface area contributed by atoms with Gasteiger partial charge >= 0.3 is 0 Å². The molecule has 1 aliphatic heterocycles. The van der Waals surface area contributed by atoms with Gasteiger partial charge in [-0.25, -0.2) is 19.9 Å². The van der Waals surface area contributed by atoms with Crippen LogP contribution >= 0.6 is 0 Å². The summed E-state index contributed by atoms with van der Waals surface area (Å²) < 4.78 is 13.5. The van der Waals surface area contributed by atoms with Crippen LogP contribution in [-0.2, 0) is 16.1 Å². The summed E-state index contributed by atoms with van der Waals surface area (Å²) in [5.41, 5.74) is 2.13. The number of fused-ring (bicyclic) bond motifs is 1. The van der Waals surface area contributed by atoms with E-state index in [0.29, 0.717) is 42.5 Å². The van der Waals surface area contributed by atoms with Gasteiger partial charge in [-0.05, 0) is 26.7 Å². The summed E-state index contributed by atoms with van der Waals surface area (Å²) >= 11 is 0. The number of aryl methyl sites for hydroxylation is 2. The Morgan fingerprint density at radius 2 is 1.94 bits per heavy atom. The van der Waals surface area contributed by atoms with Gasteiger partial charge in [-0.15, -0.1) is 0 Å². The number of likely N-dealkylation sites (tertiary alicyclic amines) is 1. The number of nitrogens with zero attached hydrogens (tertiary/aromatic N) is 7. The zero-order valence-electron chi connectivity index (χ0n) is 18.6. The Morgan fingerprint density at radius 1 is 1.16 bits per heavy atom. The number of carbonyl (C=O) groups excluding carboxylic acids is 1. The van der Waals surface area contributed by atoms with Crippen molar-refractivity contribution in [2.75, 3.05) is 20.2 Å². The number of rotatable bonds is 6. The maximum atomic E-state index is 12.7. The minimum atomic E-state index is -0.117. The van der Waals surface area contributed by atoms with Crippen LogP contribution in [0.3, 0.4) is 0 Å². The van der Waals surface area contributed by atoms with Crippen LogP contribution in [0.25, 0.3) is 22.6 Å². The Kier molecular flexibility index (Phi) is 5.46. The monoisotopic (exact) mass is 437 g/mol. The van der Waals surface area contributed by atoms with E-state index in [1.165, 1.54) is 6.33 Å². The highest BCUT2D eigenvalue weighted by atomic mass is 16.5. The third kappa shape index (κ3) is 3.68. The van der Waals surface area contributed by atoms with Gasteiger partial charge in [-0.2, -0.15) is 4.98 Å². The Balaban J connectivity index is 1.35. The fourth-order valence-electron chi connectivity index (χ4n) is 4.43. The van der Waals surface area contributed by atoms with E-state index >= 15 is 0 Å². The third-order valence-corrected chi connectivity index (χ3v) is 6.37. The first kappa shape index (κ1) is 20.7. The summed E-state index contributed by atoms with van der Waals surface area (Å²) in [4.78, 5) is 36.8. The molecular formula is C22H27N7O3. The Bertz CT molecular complexity index is 1120. The molecule has 0 spiro atoms. The Morgan fingerprint density at radius 3 is 2.66 bits per heavy atom. The first-order chi connectivity index (χ1) is 15.6. The van der Waals surface area contributed by atoms with Gasteiger partial charge in [0.1, 0.15) is 24.1 Å². The maximum Gasteiger partial charge on any atom is 0.245 e. The molecule has 10 heteroatoms. The number of imidazole rings is 1. The fourth-order valence-corrected chi connectivity index (χ4v) is 4.43.